The Bertz CT molecular complexity index is 883. The summed E-state index contributed by atoms with van der Waals surface area (Å²) in [7, 11) is 0. The number of nitrogens with zero attached hydrogens (tertiary/aromatic N) is 1. The molecule has 0 bridgehead atoms. The smallest absolute Gasteiger partial charge is 0.230 e. The van der Waals surface area contributed by atoms with Gasteiger partial charge in [0.05, 0.1) is 23.5 Å². The van der Waals surface area contributed by atoms with Crippen molar-refractivity contribution >= 4 is 34.3 Å². The van der Waals surface area contributed by atoms with Gasteiger partial charge in [0, 0.05) is 5.56 Å². The van der Waals surface area contributed by atoms with Gasteiger partial charge in [-0.25, -0.2) is 0 Å². The lowest BCUT2D eigenvalue weighted by molar-refractivity contribution is -0.115. The molecule has 4 rings (SSSR count). The topological polar surface area (TPSA) is 41.5 Å². The van der Waals surface area contributed by atoms with E-state index in [1.807, 2.05) is 53.2 Å². The Morgan fingerprint density at radius 2 is 1.83 bits per heavy atom. The van der Waals surface area contributed by atoms with Crippen LogP contribution in [0.1, 0.15) is 12.0 Å². The summed E-state index contributed by atoms with van der Waals surface area (Å²) in [6, 6.07) is 18.1. The lowest BCUT2D eigenvalue weighted by Gasteiger charge is -2.08. The van der Waals surface area contributed by atoms with E-state index in [0.717, 1.165) is 33.8 Å². The van der Waals surface area contributed by atoms with E-state index in [9.17, 15) is 4.79 Å². The van der Waals surface area contributed by atoms with E-state index in [4.69, 9.17) is 4.99 Å². The molecule has 0 saturated carbocycles. The highest BCUT2D eigenvalue weighted by atomic mass is 32.1. The molecule has 0 unspecified atom stereocenters. The van der Waals surface area contributed by atoms with Gasteiger partial charge in [0.1, 0.15) is 0 Å². The molecule has 3 aromatic rings. The summed E-state index contributed by atoms with van der Waals surface area (Å²) >= 11 is 1.61. The van der Waals surface area contributed by atoms with E-state index in [0.29, 0.717) is 6.42 Å². The molecule has 1 N–H and O–H groups in total. The molecule has 4 heteroatoms. The van der Waals surface area contributed by atoms with Crippen molar-refractivity contribution in [1.82, 2.24) is 0 Å². The lowest BCUT2D eigenvalue weighted by atomic mass is 10.0. The van der Waals surface area contributed by atoms with E-state index in [-0.39, 0.29) is 5.91 Å². The molecule has 0 aliphatic carbocycles. The van der Waals surface area contributed by atoms with Crippen LogP contribution in [-0.2, 0) is 4.79 Å². The monoisotopic (exact) mass is 318 g/mol. The SMILES string of the molecule is O=C1CC(c2ccsc2)=Nc2ccc(-c3ccccc3)cc2N1. The van der Waals surface area contributed by atoms with Gasteiger partial charge in [-0.3, -0.25) is 9.79 Å². The van der Waals surface area contributed by atoms with Gasteiger partial charge in [0.25, 0.3) is 0 Å². The Hall–Kier alpha value is -2.72. The predicted octanol–water partition coefficient (Wildman–Crippen LogP) is 4.88. The van der Waals surface area contributed by atoms with Crippen molar-refractivity contribution in [3.05, 3.63) is 70.9 Å². The third-order valence-corrected chi connectivity index (χ3v) is 4.50. The average molecular weight is 318 g/mol. The maximum Gasteiger partial charge on any atom is 0.230 e. The normalized spacial score (nSPS) is 13.7. The molecular weight excluding hydrogens is 304 g/mol. The minimum atomic E-state index is -0.0288. The first-order chi connectivity index (χ1) is 11.3. The van der Waals surface area contributed by atoms with Crippen molar-refractivity contribution in [2.45, 2.75) is 6.42 Å². The van der Waals surface area contributed by atoms with Crippen LogP contribution in [0, 0.1) is 0 Å². The van der Waals surface area contributed by atoms with Crippen molar-refractivity contribution in [2.75, 3.05) is 5.32 Å². The fourth-order valence-electron chi connectivity index (χ4n) is 2.67. The van der Waals surface area contributed by atoms with Crippen LogP contribution in [0.2, 0.25) is 0 Å². The number of amides is 1. The largest absolute Gasteiger partial charge is 0.324 e. The second-order valence-electron chi connectivity index (χ2n) is 5.39. The summed E-state index contributed by atoms with van der Waals surface area (Å²) in [4.78, 5) is 16.9. The van der Waals surface area contributed by atoms with Crippen LogP contribution in [0.15, 0.2) is 70.3 Å². The summed E-state index contributed by atoms with van der Waals surface area (Å²) in [6.45, 7) is 0. The number of benzene rings is 2. The number of rotatable bonds is 2. The molecule has 0 radical (unpaired) electrons. The third kappa shape index (κ3) is 2.81. The minimum absolute atomic E-state index is 0.0288. The number of hydrogen-bond donors (Lipinski definition) is 1. The molecule has 2 heterocycles. The van der Waals surface area contributed by atoms with E-state index in [2.05, 4.69) is 17.4 Å². The Morgan fingerprint density at radius 1 is 0.957 bits per heavy atom. The molecule has 0 atom stereocenters. The molecule has 2 aromatic carbocycles. The standard InChI is InChI=1S/C19H14N2OS/c22-19-11-17(15-8-9-23-12-15)20-16-7-6-14(10-18(16)21-19)13-4-2-1-3-5-13/h1-10,12H,11H2,(H,21,22). The van der Waals surface area contributed by atoms with Crippen LogP contribution in [0.4, 0.5) is 11.4 Å². The summed E-state index contributed by atoms with van der Waals surface area (Å²) in [5, 5.41) is 7.00. The molecular formula is C19H14N2OS. The van der Waals surface area contributed by atoms with Crippen molar-refractivity contribution in [1.29, 1.82) is 0 Å². The highest BCUT2D eigenvalue weighted by molar-refractivity contribution is 7.08. The van der Waals surface area contributed by atoms with Gasteiger partial charge in [-0.2, -0.15) is 11.3 Å². The van der Waals surface area contributed by atoms with Crippen LogP contribution in [0.3, 0.4) is 0 Å². The number of thiophene rings is 1. The van der Waals surface area contributed by atoms with Crippen molar-refractivity contribution in [3.63, 3.8) is 0 Å². The molecule has 3 nitrogen and oxygen atoms in total. The first-order valence-electron chi connectivity index (χ1n) is 7.39. The molecule has 23 heavy (non-hydrogen) atoms. The molecule has 0 fully saturated rings. The zero-order valence-electron chi connectivity index (χ0n) is 12.3. The Morgan fingerprint density at radius 3 is 2.61 bits per heavy atom. The van der Waals surface area contributed by atoms with Gasteiger partial charge >= 0.3 is 0 Å². The zero-order valence-corrected chi connectivity index (χ0v) is 13.1. The summed E-state index contributed by atoms with van der Waals surface area (Å²) in [5.74, 6) is -0.0288. The average Bonchev–Trinajstić information content (AvgIpc) is 3.05. The number of anilines is 1. The zero-order chi connectivity index (χ0) is 15.6. The number of fused-ring (bicyclic) bond motifs is 1. The second kappa shape index (κ2) is 5.82. The van der Waals surface area contributed by atoms with Crippen molar-refractivity contribution in [2.24, 2.45) is 4.99 Å². The number of carbonyl (C=O) groups is 1. The van der Waals surface area contributed by atoms with E-state index >= 15 is 0 Å². The third-order valence-electron chi connectivity index (χ3n) is 3.82. The van der Waals surface area contributed by atoms with Crippen molar-refractivity contribution < 1.29 is 4.79 Å². The van der Waals surface area contributed by atoms with Gasteiger partial charge in [-0.1, -0.05) is 36.4 Å². The van der Waals surface area contributed by atoms with Crippen molar-refractivity contribution in [3.8, 4) is 11.1 Å². The molecule has 1 amide bonds. The van der Waals surface area contributed by atoms with Gasteiger partial charge < -0.3 is 5.32 Å². The Kier molecular flexibility index (Phi) is 3.52. The molecule has 0 saturated heterocycles. The highest BCUT2D eigenvalue weighted by Gasteiger charge is 2.17. The minimum Gasteiger partial charge on any atom is -0.324 e. The van der Waals surface area contributed by atoms with Gasteiger partial charge in [-0.05, 0) is 40.1 Å². The van der Waals surface area contributed by atoms with E-state index in [1.165, 1.54) is 0 Å². The molecule has 112 valence electrons. The fourth-order valence-corrected chi connectivity index (χ4v) is 3.34. The number of nitrogens with one attached hydrogen (secondary N) is 1. The Labute approximate surface area is 138 Å². The van der Waals surface area contributed by atoms with Crippen LogP contribution < -0.4 is 5.32 Å². The van der Waals surface area contributed by atoms with Gasteiger partial charge in [0.15, 0.2) is 0 Å². The first-order valence-corrected chi connectivity index (χ1v) is 8.33. The molecule has 1 aliphatic rings. The summed E-state index contributed by atoms with van der Waals surface area (Å²) in [6.07, 6.45) is 0.298. The molecule has 1 aliphatic heterocycles. The number of aliphatic imine (C=N–C) groups is 1. The molecule has 1 aromatic heterocycles. The van der Waals surface area contributed by atoms with E-state index in [1.54, 1.807) is 11.3 Å². The van der Waals surface area contributed by atoms with Crippen LogP contribution in [-0.4, -0.2) is 11.6 Å². The second-order valence-corrected chi connectivity index (χ2v) is 6.17. The van der Waals surface area contributed by atoms with Crippen LogP contribution in [0.5, 0.6) is 0 Å². The fraction of sp³-hybridized carbons (Fsp3) is 0.0526. The Balaban J connectivity index is 1.79. The first kappa shape index (κ1) is 13.9. The maximum atomic E-state index is 12.2. The molecule has 0 spiro atoms. The lowest BCUT2D eigenvalue weighted by Crippen LogP contribution is -2.14. The van der Waals surface area contributed by atoms with Gasteiger partial charge in [0.2, 0.25) is 5.91 Å². The predicted molar refractivity (Wildman–Crippen MR) is 95.6 cm³/mol. The summed E-state index contributed by atoms with van der Waals surface area (Å²) in [5.41, 5.74) is 5.59. The summed E-state index contributed by atoms with van der Waals surface area (Å²) < 4.78 is 0. The van der Waals surface area contributed by atoms with E-state index < -0.39 is 0 Å². The maximum absolute atomic E-state index is 12.2. The van der Waals surface area contributed by atoms with Gasteiger partial charge in [-0.15, -0.1) is 0 Å². The number of carbonyl (C=O) groups excluding carboxylic acids is 1. The highest BCUT2D eigenvalue weighted by Crippen LogP contribution is 2.33. The number of hydrogen-bond acceptors (Lipinski definition) is 3. The quantitative estimate of drug-likeness (QED) is 0.719. The van der Waals surface area contributed by atoms with Crippen LogP contribution in [0.25, 0.3) is 11.1 Å². The van der Waals surface area contributed by atoms with Crippen LogP contribution >= 0.6 is 11.3 Å².